The first kappa shape index (κ1) is 3.32. The minimum absolute atomic E-state index is 0.242. The zero-order valence-corrected chi connectivity index (χ0v) is 10.4. The zero-order chi connectivity index (χ0) is 32.3. The molecule has 1 unspecified atom stereocenters. The van der Waals surface area contributed by atoms with Crippen molar-refractivity contribution in [1.82, 2.24) is 4.90 Å². The van der Waals surface area contributed by atoms with Gasteiger partial charge in [0.15, 0.2) is 0 Å². The first-order chi connectivity index (χ1) is 17.8. The average molecular weight is 293 g/mol. The van der Waals surface area contributed by atoms with Gasteiger partial charge < -0.3 is 9.64 Å². The van der Waals surface area contributed by atoms with Crippen LogP contribution in [0.3, 0.4) is 0 Å². The normalized spacial score (nSPS) is 73.5. The van der Waals surface area contributed by atoms with Crippen LogP contribution in [-0.2, 0) is 11.8 Å². The van der Waals surface area contributed by atoms with Crippen LogP contribution in [0.1, 0.15) is 71.8 Å². The molecule has 0 N–H and O–H groups in total. The second-order valence-electron chi connectivity index (χ2n) is 4.61. The number of rotatable bonds is 1. The average Bonchev–Trinajstić information content (AvgIpc) is 2.76. The number of hydrogen-bond acceptors (Lipinski definition) is 2. The van der Waals surface area contributed by atoms with Crippen LogP contribution in [0.5, 0.6) is 5.75 Å². The fourth-order valence-electron chi connectivity index (χ4n) is 2.58. The standard InChI is InChI=1S/C18H25NO/c1-19-10-9-18-8-4-3-5-15(18)17(19)11-13-6-7-14(20-2)12-16(13)18/h6-7,12,15,17H,3-5,8-11H2,1-2H3/t15-,17?,18+/m1/s1/i2D3,3D2,4D2,5D2,6D,7D,8D2,9D2,10D2,11D2,12D,15D. The SMILES string of the molecule is [2H]c1c([2H])c2c(c([2H])c1OC([2H])([2H])[2H])[C@@]13C([2H])([2H])C([2H])([2H])N(C)C(C2([2H])[2H])[C@@]1([2H])C([2H])([2H])C([2H])([2H])C([2H])([2H])C3([2H])[2H]. The Kier molecular flexibility index (Phi) is 0.746. The summed E-state index contributed by atoms with van der Waals surface area (Å²) < 4.78 is 185. The summed E-state index contributed by atoms with van der Waals surface area (Å²) in [6.07, 6.45) is -23.9. The molecular formula is C18H25NO. The number of methoxy groups -OCH3 is 1. The molecule has 108 valence electrons. The van der Waals surface area contributed by atoms with Gasteiger partial charge in [-0.15, -0.1) is 0 Å². The fourth-order valence-corrected chi connectivity index (χ4v) is 2.58. The van der Waals surface area contributed by atoms with Gasteiger partial charge in [-0.2, -0.15) is 0 Å². The minimum atomic E-state index is -4.21. The number of hydrogen-bond donors (Lipinski definition) is 0. The van der Waals surface area contributed by atoms with Crippen molar-refractivity contribution in [2.45, 2.75) is 49.7 Å². The summed E-state index contributed by atoms with van der Waals surface area (Å²) in [5.41, 5.74) is -6.67. The molecule has 2 heteroatoms. The Bertz CT molecular complexity index is 1330. The highest BCUT2D eigenvalue weighted by Crippen LogP contribution is 2.55. The quantitative estimate of drug-likeness (QED) is 0.787. The summed E-state index contributed by atoms with van der Waals surface area (Å²) in [6, 6.07) is -6.68. The maximum atomic E-state index is 9.54. The molecule has 2 nitrogen and oxygen atoms in total. The smallest absolute Gasteiger partial charge is 0.119 e. The number of likely N-dealkylation sites (tertiary alicyclic amines) is 1. The van der Waals surface area contributed by atoms with Gasteiger partial charge in [0.05, 0.1) is 15.3 Å². The molecule has 2 aliphatic carbocycles. The van der Waals surface area contributed by atoms with Crippen LogP contribution in [0.25, 0.3) is 0 Å². The van der Waals surface area contributed by atoms with Crippen molar-refractivity contribution >= 4 is 0 Å². The molecule has 0 spiro atoms. The molecule has 2 bridgehead atoms. The van der Waals surface area contributed by atoms with Crippen LogP contribution >= 0.6 is 0 Å². The van der Waals surface area contributed by atoms with Gasteiger partial charge in [-0.25, -0.2) is 0 Å². The molecule has 1 aromatic rings. The maximum Gasteiger partial charge on any atom is 0.119 e. The monoisotopic (exact) mass is 292 g/mol. The Morgan fingerprint density at radius 2 is 2.45 bits per heavy atom. The van der Waals surface area contributed by atoms with Crippen molar-refractivity contribution in [3.05, 3.63) is 29.3 Å². The summed E-state index contributed by atoms with van der Waals surface area (Å²) >= 11 is 0. The molecule has 1 saturated carbocycles. The van der Waals surface area contributed by atoms with E-state index < -0.39 is 104 Å². The molecule has 2 fully saturated rings. The predicted molar refractivity (Wildman–Crippen MR) is 81.4 cm³/mol. The molecular weight excluding hydrogens is 246 g/mol. The Balaban J connectivity index is 2.49. The second kappa shape index (κ2) is 4.49. The van der Waals surface area contributed by atoms with E-state index in [1.807, 2.05) is 0 Å². The number of piperidine rings is 1. The third kappa shape index (κ3) is 1.60. The molecule has 1 aromatic carbocycles. The first-order valence-corrected chi connectivity index (χ1v) is 5.91. The fraction of sp³-hybridized carbons (Fsp3) is 0.667. The van der Waals surface area contributed by atoms with E-state index in [0.717, 1.165) is 7.05 Å². The van der Waals surface area contributed by atoms with Gasteiger partial charge in [0.25, 0.3) is 0 Å². The van der Waals surface area contributed by atoms with Gasteiger partial charge in [0.1, 0.15) is 5.75 Å². The van der Waals surface area contributed by atoms with Gasteiger partial charge in [0.2, 0.25) is 0 Å². The van der Waals surface area contributed by atoms with Crippen LogP contribution in [-0.4, -0.2) is 31.5 Å². The number of fused-ring (bicyclic) bond motifs is 1. The van der Waals surface area contributed by atoms with Crippen LogP contribution in [0.2, 0.25) is 0 Å². The van der Waals surface area contributed by atoms with E-state index in [-0.39, 0.29) is 4.90 Å². The number of ether oxygens (including phenoxy) is 1. The highest BCUT2D eigenvalue weighted by molar-refractivity contribution is 5.45. The highest BCUT2D eigenvalue weighted by atomic mass is 16.5. The minimum Gasteiger partial charge on any atom is -0.497 e. The lowest BCUT2D eigenvalue weighted by molar-refractivity contribution is 0.00274. The molecule has 1 aliphatic heterocycles. The molecule has 3 aliphatic rings. The van der Waals surface area contributed by atoms with E-state index in [4.69, 9.17) is 32.2 Å². The Hall–Kier alpha value is -1.02. The third-order valence-corrected chi connectivity index (χ3v) is 3.54. The summed E-state index contributed by atoms with van der Waals surface area (Å²) in [4.78, 5) is 0.242. The van der Waals surface area contributed by atoms with E-state index in [1.165, 1.54) is 0 Å². The van der Waals surface area contributed by atoms with E-state index >= 15 is 0 Å². The molecule has 4 rings (SSSR count). The Morgan fingerprint density at radius 1 is 1.50 bits per heavy atom. The number of nitrogens with zero attached hydrogens (tertiary/aromatic N) is 1. The lowest BCUT2D eigenvalue weighted by Crippen LogP contribution is -2.59. The van der Waals surface area contributed by atoms with Crippen molar-refractivity contribution in [3.8, 4) is 5.75 Å². The number of likely N-dealkylation sites (N-methyl/N-ethyl adjacent to an activating group) is 1. The largest absolute Gasteiger partial charge is 0.497 e. The van der Waals surface area contributed by atoms with Crippen molar-refractivity contribution in [3.63, 3.8) is 0 Å². The summed E-state index contributed by atoms with van der Waals surface area (Å²) in [5.74, 6) is -5.21. The van der Waals surface area contributed by atoms with Crippen molar-refractivity contribution in [1.29, 1.82) is 0 Å². The summed E-state index contributed by atoms with van der Waals surface area (Å²) in [6.45, 7) is -3.57. The van der Waals surface area contributed by atoms with Crippen LogP contribution in [0.15, 0.2) is 18.1 Å². The number of benzene rings is 1. The van der Waals surface area contributed by atoms with Crippen molar-refractivity contribution < 1.29 is 33.5 Å². The van der Waals surface area contributed by atoms with Gasteiger partial charge in [0, 0.05) is 32.0 Å². The van der Waals surface area contributed by atoms with Crippen molar-refractivity contribution in [2.75, 3.05) is 20.6 Å². The Morgan fingerprint density at radius 3 is 3.35 bits per heavy atom. The molecule has 0 aromatic heterocycles. The van der Waals surface area contributed by atoms with E-state index in [9.17, 15) is 1.37 Å². The third-order valence-electron chi connectivity index (χ3n) is 3.54. The van der Waals surface area contributed by atoms with Gasteiger partial charge in [-0.1, -0.05) is 18.8 Å². The molecule has 0 radical (unpaired) electrons. The molecule has 1 heterocycles. The summed E-state index contributed by atoms with van der Waals surface area (Å²) in [7, 11) is -2.71. The van der Waals surface area contributed by atoms with E-state index in [0.29, 0.717) is 0 Å². The van der Waals surface area contributed by atoms with Crippen LogP contribution in [0.4, 0.5) is 0 Å². The van der Waals surface area contributed by atoms with E-state index in [2.05, 4.69) is 0 Å². The zero-order valence-electron chi connectivity index (χ0n) is 31.4. The lowest BCUT2D eigenvalue weighted by Gasteiger charge is -2.58. The van der Waals surface area contributed by atoms with E-state index in [1.54, 1.807) is 0 Å². The maximum absolute atomic E-state index is 9.54. The first-order valence-electron chi connectivity index (χ1n) is 16.4. The molecule has 20 heavy (non-hydrogen) atoms. The van der Waals surface area contributed by atoms with Gasteiger partial charge >= 0.3 is 0 Å². The van der Waals surface area contributed by atoms with Crippen molar-refractivity contribution in [2.24, 2.45) is 5.89 Å². The van der Waals surface area contributed by atoms with Crippen LogP contribution in [0, 0.1) is 5.89 Å². The Labute approximate surface area is 151 Å². The lowest BCUT2D eigenvalue weighted by atomic mass is 9.52. The topological polar surface area (TPSA) is 12.5 Å². The molecule has 3 atom stereocenters. The van der Waals surface area contributed by atoms with Gasteiger partial charge in [-0.05, 0) is 68.1 Å². The predicted octanol–water partition coefficient (Wildman–Crippen LogP) is 3.38. The van der Waals surface area contributed by atoms with Crippen LogP contribution < -0.4 is 4.74 Å². The van der Waals surface area contributed by atoms with Gasteiger partial charge in [-0.3, -0.25) is 0 Å². The second-order valence-corrected chi connectivity index (χ2v) is 4.61. The summed E-state index contributed by atoms with van der Waals surface area (Å²) in [5, 5.41) is 0. The molecule has 0 amide bonds. The molecule has 1 saturated heterocycles. The highest BCUT2D eigenvalue weighted by Gasteiger charge is 2.53.